The zero-order chi connectivity index (χ0) is 35.3. The molecule has 1 heterocycles. The fourth-order valence-corrected chi connectivity index (χ4v) is 5.91. The molecule has 0 spiro atoms. The Morgan fingerprint density at radius 3 is 2.10 bits per heavy atom. The maximum Gasteiger partial charge on any atom is 0.408 e. The summed E-state index contributed by atoms with van der Waals surface area (Å²) in [5.74, 6) is -0.651. The fourth-order valence-electron chi connectivity index (χ4n) is 5.91. The molecular weight excluding hydrogens is 650 g/mol. The van der Waals surface area contributed by atoms with Gasteiger partial charge in [0.1, 0.15) is 12.1 Å². The summed E-state index contributed by atoms with van der Waals surface area (Å²) in [5.41, 5.74) is 3.85. The second-order valence-corrected chi connectivity index (χ2v) is 11.5. The molecule has 0 aliphatic heterocycles. The highest BCUT2D eigenvalue weighted by Gasteiger charge is 2.40. The molecule has 0 saturated heterocycles. The van der Waals surface area contributed by atoms with Crippen molar-refractivity contribution in [2.75, 3.05) is 64.7 Å². The second-order valence-electron chi connectivity index (χ2n) is 11.5. The fraction of sp³-hybridized carbons (Fsp3) is 0.429. The lowest BCUT2D eigenvalue weighted by atomic mass is 9.92. The summed E-state index contributed by atoms with van der Waals surface area (Å²) < 4.78 is 32.6. The monoisotopic (exact) mass is 691 g/mol. The average molecular weight is 692 g/mol. The third-order valence-corrected chi connectivity index (χ3v) is 8.52. The number of benzene rings is 3. The van der Waals surface area contributed by atoms with Crippen LogP contribution in [0.5, 0.6) is 0 Å². The van der Waals surface area contributed by atoms with Crippen LogP contribution in [0, 0.1) is 10.1 Å². The van der Waals surface area contributed by atoms with E-state index in [1.807, 2.05) is 36.4 Å². The Morgan fingerprint density at radius 2 is 1.46 bits per heavy atom. The maximum atomic E-state index is 13.1. The topological polar surface area (TPSA) is 186 Å². The number of nitro benzene ring substituents is 1. The Kier molecular flexibility index (Phi) is 12.7. The molecular formula is C35H41N5O10. The molecule has 0 radical (unpaired) electrons. The number of hydrogen-bond donors (Lipinski definition) is 2. The largest absolute Gasteiger partial charge is 0.464 e. The van der Waals surface area contributed by atoms with Crippen LogP contribution >= 0.6 is 0 Å². The number of rotatable bonds is 20. The quantitative estimate of drug-likeness (QED) is 0.0531. The van der Waals surface area contributed by atoms with Crippen LogP contribution in [0.2, 0.25) is 0 Å². The van der Waals surface area contributed by atoms with E-state index in [0.717, 1.165) is 22.3 Å². The average Bonchev–Trinajstić information content (AvgIpc) is 3.74. The van der Waals surface area contributed by atoms with Gasteiger partial charge in [-0.15, -0.1) is 0 Å². The SMILES string of the molecule is CCOC(=O)C(CC)(CCOCCOCCOCCNc1ccc([N+](=O)[O-])c2nonc12)NC(=O)OCC1c2ccccc2-c2ccccc21. The van der Waals surface area contributed by atoms with Crippen molar-refractivity contribution < 1.29 is 42.8 Å². The zero-order valence-corrected chi connectivity index (χ0v) is 28.1. The van der Waals surface area contributed by atoms with E-state index in [2.05, 4.69) is 37.7 Å². The van der Waals surface area contributed by atoms with Crippen LogP contribution in [0.25, 0.3) is 22.2 Å². The summed E-state index contributed by atoms with van der Waals surface area (Å²) >= 11 is 0. The molecule has 50 heavy (non-hydrogen) atoms. The lowest BCUT2D eigenvalue weighted by molar-refractivity contribution is -0.383. The molecule has 15 heteroatoms. The van der Waals surface area contributed by atoms with E-state index in [4.69, 9.17) is 23.7 Å². The molecule has 1 aliphatic carbocycles. The first kappa shape index (κ1) is 36.2. The third-order valence-electron chi connectivity index (χ3n) is 8.52. The molecule has 2 N–H and O–H groups in total. The predicted octanol–water partition coefficient (Wildman–Crippen LogP) is 5.23. The molecule has 3 aromatic carbocycles. The molecule has 1 atom stereocenters. The van der Waals surface area contributed by atoms with E-state index in [0.29, 0.717) is 38.7 Å². The van der Waals surface area contributed by atoms with E-state index in [1.54, 1.807) is 19.9 Å². The molecule has 1 aromatic heterocycles. The van der Waals surface area contributed by atoms with Gasteiger partial charge in [0.05, 0.1) is 50.3 Å². The minimum absolute atomic E-state index is 0.0738. The van der Waals surface area contributed by atoms with E-state index >= 15 is 0 Å². The number of alkyl carbamates (subject to hydrolysis) is 1. The number of nitro groups is 1. The summed E-state index contributed by atoms with van der Waals surface area (Å²) in [7, 11) is 0. The molecule has 0 fully saturated rings. The molecule has 15 nitrogen and oxygen atoms in total. The van der Waals surface area contributed by atoms with Crippen molar-refractivity contribution in [1.82, 2.24) is 15.6 Å². The Hall–Kier alpha value is -5.12. The van der Waals surface area contributed by atoms with Crippen LogP contribution in [0.15, 0.2) is 65.3 Å². The zero-order valence-electron chi connectivity index (χ0n) is 28.1. The summed E-state index contributed by atoms with van der Waals surface area (Å²) in [6.07, 6.45) is -0.225. The lowest BCUT2D eigenvalue weighted by Crippen LogP contribution is -2.56. The van der Waals surface area contributed by atoms with Gasteiger partial charge < -0.3 is 34.3 Å². The van der Waals surface area contributed by atoms with Gasteiger partial charge in [-0.3, -0.25) is 10.1 Å². The van der Waals surface area contributed by atoms with Crippen molar-refractivity contribution in [3.8, 4) is 11.1 Å². The highest BCUT2D eigenvalue weighted by molar-refractivity contribution is 5.93. The van der Waals surface area contributed by atoms with Gasteiger partial charge in [-0.05, 0) is 52.0 Å². The number of ether oxygens (including phenoxy) is 5. The smallest absolute Gasteiger partial charge is 0.408 e. The summed E-state index contributed by atoms with van der Waals surface area (Å²) in [6.45, 7) is 6.03. The number of fused-ring (bicyclic) bond motifs is 4. The van der Waals surface area contributed by atoms with Gasteiger partial charge >= 0.3 is 17.7 Å². The highest BCUT2D eigenvalue weighted by Crippen LogP contribution is 2.44. The first-order chi connectivity index (χ1) is 24.4. The van der Waals surface area contributed by atoms with Crippen molar-refractivity contribution in [1.29, 1.82) is 0 Å². The molecule has 5 rings (SSSR count). The molecule has 266 valence electrons. The molecule has 1 aliphatic rings. The summed E-state index contributed by atoms with van der Waals surface area (Å²) in [5, 5.41) is 24.4. The second kappa shape index (κ2) is 17.5. The van der Waals surface area contributed by atoms with Crippen LogP contribution in [-0.2, 0) is 28.5 Å². The normalized spacial score (nSPS) is 13.3. The van der Waals surface area contributed by atoms with Crippen LogP contribution in [0.4, 0.5) is 16.2 Å². The Bertz CT molecular complexity index is 1720. The minimum atomic E-state index is -1.31. The number of aromatic nitrogens is 2. The van der Waals surface area contributed by atoms with Crippen LogP contribution in [-0.4, -0.2) is 92.2 Å². The van der Waals surface area contributed by atoms with Crippen molar-refractivity contribution in [2.45, 2.75) is 38.1 Å². The van der Waals surface area contributed by atoms with E-state index in [-0.39, 0.29) is 61.9 Å². The van der Waals surface area contributed by atoms with Crippen LogP contribution in [0.3, 0.4) is 0 Å². The van der Waals surface area contributed by atoms with Gasteiger partial charge in [-0.2, -0.15) is 0 Å². The first-order valence-electron chi connectivity index (χ1n) is 16.6. The molecule has 1 amide bonds. The van der Waals surface area contributed by atoms with E-state index < -0.39 is 22.5 Å². The summed E-state index contributed by atoms with van der Waals surface area (Å²) in [4.78, 5) is 36.8. The van der Waals surface area contributed by atoms with Gasteiger partial charge in [0, 0.05) is 31.6 Å². The van der Waals surface area contributed by atoms with Crippen molar-refractivity contribution in [3.05, 3.63) is 81.9 Å². The van der Waals surface area contributed by atoms with Crippen molar-refractivity contribution in [3.63, 3.8) is 0 Å². The number of amides is 1. The maximum absolute atomic E-state index is 13.1. The number of carbonyl (C=O) groups is 2. The number of nitrogens with zero attached hydrogens (tertiary/aromatic N) is 3. The van der Waals surface area contributed by atoms with E-state index in [9.17, 15) is 19.7 Å². The lowest BCUT2D eigenvalue weighted by Gasteiger charge is -2.31. The summed E-state index contributed by atoms with van der Waals surface area (Å²) in [6, 6.07) is 19.0. The minimum Gasteiger partial charge on any atom is -0.464 e. The van der Waals surface area contributed by atoms with Gasteiger partial charge in [0.15, 0.2) is 5.52 Å². The molecule has 4 aromatic rings. The number of esters is 1. The van der Waals surface area contributed by atoms with Gasteiger partial charge in [-0.25, -0.2) is 14.2 Å². The van der Waals surface area contributed by atoms with Crippen molar-refractivity contribution >= 4 is 34.5 Å². The number of non-ortho nitro benzene ring substituents is 1. The van der Waals surface area contributed by atoms with E-state index in [1.165, 1.54) is 6.07 Å². The standard InChI is InChI=1S/C35H41N5O10/c1-3-35(33(41)48-4-2,37-34(42)49-23-28-26-11-7-5-9-24(26)25-10-6-8-12-27(25)28)15-17-45-19-21-47-22-20-46-18-16-36-29-13-14-30(40(43)44)32-31(29)38-50-39-32/h5-14,28,36H,3-4,15-23H2,1-2H3,(H,37,42). The molecule has 1 unspecified atom stereocenters. The van der Waals surface area contributed by atoms with Crippen LogP contribution < -0.4 is 10.6 Å². The Morgan fingerprint density at radius 1 is 0.840 bits per heavy atom. The van der Waals surface area contributed by atoms with Crippen molar-refractivity contribution in [2.24, 2.45) is 0 Å². The highest BCUT2D eigenvalue weighted by atomic mass is 16.6. The Balaban J connectivity index is 0.992. The Labute approximate surface area is 288 Å². The van der Waals surface area contributed by atoms with Gasteiger partial charge in [0.2, 0.25) is 5.52 Å². The number of carbonyl (C=O) groups excluding carboxylic acids is 2. The number of hydrogen-bond acceptors (Lipinski definition) is 13. The molecule has 0 saturated carbocycles. The van der Waals surface area contributed by atoms with Gasteiger partial charge in [0.25, 0.3) is 0 Å². The third kappa shape index (κ3) is 8.53. The van der Waals surface area contributed by atoms with Gasteiger partial charge in [-0.1, -0.05) is 55.5 Å². The number of anilines is 1. The predicted molar refractivity (Wildman–Crippen MR) is 182 cm³/mol. The molecule has 0 bridgehead atoms. The number of nitrogens with one attached hydrogen (secondary N) is 2. The first-order valence-corrected chi connectivity index (χ1v) is 16.6. The van der Waals surface area contributed by atoms with Crippen LogP contribution in [0.1, 0.15) is 43.7 Å².